The van der Waals surface area contributed by atoms with Gasteiger partial charge in [0.1, 0.15) is 11.6 Å². The Morgan fingerprint density at radius 1 is 1.42 bits per heavy atom. The molecular weight excluding hydrogens is 246 g/mol. The van der Waals surface area contributed by atoms with Crippen molar-refractivity contribution in [3.05, 3.63) is 30.3 Å². The topological polar surface area (TPSA) is 88.2 Å². The van der Waals surface area contributed by atoms with Crippen LogP contribution in [0.1, 0.15) is 12.8 Å². The van der Waals surface area contributed by atoms with Crippen molar-refractivity contribution in [1.82, 2.24) is 4.90 Å². The predicted octanol–water partition coefficient (Wildman–Crippen LogP) is 1.64. The van der Waals surface area contributed by atoms with Crippen LogP contribution in [0.4, 0.5) is 4.79 Å². The van der Waals surface area contributed by atoms with Crippen molar-refractivity contribution in [2.75, 3.05) is 13.1 Å². The van der Waals surface area contributed by atoms with E-state index < -0.39 is 6.09 Å². The van der Waals surface area contributed by atoms with Gasteiger partial charge in [0.15, 0.2) is 0 Å². The molecule has 1 aliphatic rings. The summed E-state index contributed by atoms with van der Waals surface area (Å²) in [6.45, 7) is 1.04. The summed E-state index contributed by atoms with van der Waals surface area (Å²) < 4.78 is 5.26. The summed E-state index contributed by atoms with van der Waals surface area (Å²) in [6.07, 6.45) is 1.22. The Balaban J connectivity index is 1.96. The number of benzene rings is 1. The number of piperidine rings is 1. The number of carbonyl (C=O) groups excluding carboxylic acids is 1. The third kappa shape index (κ3) is 3.37. The van der Waals surface area contributed by atoms with E-state index in [9.17, 15) is 4.79 Å². The van der Waals surface area contributed by atoms with Crippen molar-refractivity contribution in [2.24, 2.45) is 16.8 Å². The summed E-state index contributed by atoms with van der Waals surface area (Å²) in [4.78, 5) is 13.6. The molecule has 1 unspecified atom stereocenters. The van der Waals surface area contributed by atoms with Crippen molar-refractivity contribution in [3.8, 4) is 5.75 Å². The highest BCUT2D eigenvalue weighted by Gasteiger charge is 2.27. The Hall–Kier alpha value is -2.24. The summed E-state index contributed by atoms with van der Waals surface area (Å²) in [5.74, 6) is 0.567. The molecule has 6 heteroatoms. The maximum Gasteiger partial charge on any atom is 0.415 e. The van der Waals surface area contributed by atoms with E-state index >= 15 is 0 Å². The Labute approximate surface area is 111 Å². The van der Waals surface area contributed by atoms with Crippen LogP contribution < -0.4 is 10.5 Å². The van der Waals surface area contributed by atoms with Gasteiger partial charge in [-0.2, -0.15) is 0 Å². The molecule has 1 amide bonds. The first-order valence-corrected chi connectivity index (χ1v) is 6.20. The van der Waals surface area contributed by atoms with Crippen molar-refractivity contribution in [1.29, 1.82) is 0 Å². The molecule has 102 valence electrons. The first-order chi connectivity index (χ1) is 9.20. The van der Waals surface area contributed by atoms with E-state index in [0.717, 1.165) is 12.8 Å². The molecule has 0 aliphatic carbocycles. The van der Waals surface area contributed by atoms with Gasteiger partial charge in [-0.3, -0.25) is 0 Å². The Bertz CT molecular complexity index is 461. The molecule has 2 rings (SSSR count). The minimum Gasteiger partial charge on any atom is -0.410 e. The fraction of sp³-hybridized carbons (Fsp3) is 0.385. The van der Waals surface area contributed by atoms with Crippen molar-refractivity contribution in [3.63, 3.8) is 0 Å². The van der Waals surface area contributed by atoms with Crippen molar-refractivity contribution in [2.45, 2.75) is 12.8 Å². The first kappa shape index (κ1) is 13.2. The molecule has 0 bridgehead atoms. The highest BCUT2D eigenvalue weighted by Crippen LogP contribution is 2.18. The number of amides is 1. The molecule has 3 N–H and O–H groups in total. The van der Waals surface area contributed by atoms with Crippen molar-refractivity contribution >= 4 is 11.9 Å². The molecule has 6 nitrogen and oxygen atoms in total. The molecule has 1 fully saturated rings. The molecule has 1 heterocycles. The minimum absolute atomic E-state index is 0.109. The number of likely N-dealkylation sites (tertiary alicyclic amines) is 1. The van der Waals surface area contributed by atoms with Crippen LogP contribution in [0, 0.1) is 5.92 Å². The molecule has 1 aromatic carbocycles. The second-order valence-corrected chi connectivity index (χ2v) is 4.49. The van der Waals surface area contributed by atoms with E-state index in [1.54, 1.807) is 29.2 Å². The van der Waals surface area contributed by atoms with E-state index in [1.165, 1.54) is 0 Å². The van der Waals surface area contributed by atoms with Crippen LogP contribution in [0.15, 0.2) is 35.5 Å². The number of hydrogen-bond donors (Lipinski definition) is 2. The lowest BCUT2D eigenvalue weighted by atomic mass is 9.97. The molecule has 1 saturated heterocycles. The lowest BCUT2D eigenvalue weighted by Crippen LogP contribution is -2.45. The molecule has 0 spiro atoms. The Morgan fingerprint density at radius 2 is 2.16 bits per heavy atom. The van der Waals surface area contributed by atoms with Gasteiger partial charge < -0.3 is 20.6 Å². The zero-order valence-electron chi connectivity index (χ0n) is 10.5. The number of hydrogen-bond acceptors (Lipinski definition) is 4. The number of ether oxygens (including phenoxy) is 1. The summed E-state index contributed by atoms with van der Waals surface area (Å²) in [7, 11) is 0. The Morgan fingerprint density at radius 3 is 2.84 bits per heavy atom. The predicted molar refractivity (Wildman–Crippen MR) is 70.2 cm³/mol. The largest absolute Gasteiger partial charge is 0.415 e. The second kappa shape index (κ2) is 6.08. The molecule has 1 aliphatic heterocycles. The van der Waals surface area contributed by atoms with E-state index in [4.69, 9.17) is 15.7 Å². The van der Waals surface area contributed by atoms with Gasteiger partial charge in [-0.15, -0.1) is 0 Å². The first-order valence-electron chi connectivity index (χ1n) is 6.20. The summed E-state index contributed by atoms with van der Waals surface area (Å²) in [5.41, 5.74) is 5.58. The number of para-hydroxylation sites is 1. The summed E-state index contributed by atoms with van der Waals surface area (Å²) in [5, 5.41) is 11.7. The lowest BCUT2D eigenvalue weighted by molar-refractivity contribution is 0.135. The van der Waals surface area contributed by atoms with Crippen LogP contribution in [0.2, 0.25) is 0 Å². The maximum atomic E-state index is 12.0. The molecule has 1 aromatic rings. The van der Waals surface area contributed by atoms with Gasteiger partial charge in [-0.05, 0) is 25.0 Å². The summed E-state index contributed by atoms with van der Waals surface area (Å²) in [6, 6.07) is 8.91. The second-order valence-electron chi connectivity index (χ2n) is 4.49. The molecule has 0 saturated carbocycles. The smallest absolute Gasteiger partial charge is 0.410 e. The lowest BCUT2D eigenvalue weighted by Gasteiger charge is -2.31. The quantitative estimate of drug-likeness (QED) is 0.367. The third-order valence-corrected chi connectivity index (χ3v) is 3.16. The van der Waals surface area contributed by atoms with E-state index in [0.29, 0.717) is 18.8 Å². The zero-order chi connectivity index (χ0) is 13.7. The zero-order valence-corrected chi connectivity index (χ0v) is 10.5. The Kier molecular flexibility index (Phi) is 4.22. The van der Waals surface area contributed by atoms with Gasteiger partial charge in [0.2, 0.25) is 0 Å². The third-order valence-electron chi connectivity index (χ3n) is 3.16. The van der Waals surface area contributed by atoms with E-state index in [2.05, 4.69) is 5.16 Å². The van der Waals surface area contributed by atoms with Gasteiger partial charge in [-0.25, -0.2) is 4.79 Å². The fourth-order valence-electron chi connectivity index (χ4n) is 2.12. The van der Waals surface area contributed by atoms with Gasteiger partial charge >= 0.3 is 6.09 Å². The molecule has 19 heavy (non-hydrogen) atoms. The average Bonchev–Trinajstić information content (AvgIpc) is 2.47. The number of amidine groups is 1. The van der Waals surface area contributed by atoms with Crippen LogP contribution in [0.5, 0.6) is 5.75 Å². The van der Waals surface area contributed by atoms with Gasteiger partial charge in [0.25, 0.3) is 0 Å². The minimum atomic E-state index is -0.401. The molecular formula is C13H17N3O3. The molecule has 0 aromatic heterocycles. The fourth-order valence-corrected chi connectivity index (χ4v) is 2.12. The van der Waals surface area contributed by atoms with Crippen LogP contribution in [0.25, 0.3) is 0 Å². The standard InChI is InChI=1S/C13H17N3O3/c14-12(15-18)10-5-4-8-16(9-10)13(17)19-11-6-2-1-3-7-11/h1-3,6-7,10,18H,4-5,8-9H2,(H2,14,15). The number of rotatable bonds is 2. The van der Waals surface area contributed by atoms with Crippen LogP contribution >= 0.6 is 0 Å². The monoisotopic (exact) mass is 263 g/mol. The molecule has 0 radical (unpaired) electrons. The van der Waals surface area contributed by atoms with Crippen molar-refractivity contribution < 1.29 is 14.7 Å². The number of nitrogens with zero attached hydrogens (tertiary/aromatic N) is 2. The van der Waals surface area contributed by atoms with Gasteiger partial charge in [0.05, 0.1) is 0 Å². The number of nitrogens with two attached hydrogens (primary N) is 1. The molecule has 1 atom stereocenters. The SMILES string of the molecule is NC(=NO)C1CCCN(C(=O)Oc2ccccc2)C1. The summed E-state index contributed by atoms with van der Waals surface area (Å²) >= 11 is 0. The van der Waals surface area contributed by atoms with Crippen LogP contribution in [0.3, 0.4) is 0 Å². The van der Waals surface area contributed by atoms with Crippen LogP contribution in [-0.4, -0.2) is 35.1 Å². The highest BCUT2D eigenvalue weighted by molar-refractivity contribution is 5.83. The normalized spacial score (nSPS) is 20.1. The number of carbonyl (C=O) groups is 1. The van der Waals surface area contributed by atoms with E-state index in [1.807, 2.05) is 6.07 Å². The highest BCUT2D eigenvalue weighted by atomic mass is 16.6. The van der Waals surface area contributed by atoms with Gasteiger partial charge in [0, 0.05) is 19.0 Å². The van der Waals surface area contributed by atoms with E-state index in [-0.39, 0.29) is 11.8 Å². The average molecular weight is 263 g/mol. The van der Waals surface area contributed by atoms with Gasteiger partial charge in [-0.1, -0.05) is 23.4 Å². The van der Waals surface area contributed by atoms with Crippen LogP contribution in [-0.2, 0) is 0 Å². The maximum absolute atomic E-state index is 12.0. The number of oxime groups is 1.